The molecular weight excluding hydrogens is 318 g/mol. The summed E-state index contributed by atoms with van der Waals surface area (Å²) in [5.41, 5.74) is 3.12. The Morgan fingerprint density at radius 1 is 1.21 bits per heavy atom. The van der Waals surface area contributed by atoms with Crippen LogP contribution in [0.15, 0.2) is 49.1 Å². The van der Waals surface area contributed by atoms with Crippen LogP contribution in [-0.2, 0) is 19.4 Å². The number of hydrogen-bond donors (Lipinski definition) is 1. The Balaban J connectivity index is 1.65. The van der Waals surface area contributed by atoms with Gasteiger partial charge >= 0.3 is 0 Å². The molecule has 3 heterocycles. The number of aryl methyl sites for hydroxylation is 1. The topological polar surface area (TPSA) is 46.9 Å². The van der Waals surface area contributed by atoms with Crippen LogP contribution in [-0.4, -0.2) is 15.5 Å². The second-order valence-corrected chi connectivity index (χ2v) is 7.11. The van der Waals surface area contributed by atoms with E-state index in [0.29, 0.717) is 6.54 Å². The van der Waals surface area contributed by atoms with Gasteiger partial charge in [-0.05, 0) is 55.0 Å². The maximum absolute atomic E-state index is 12.9. The van der Waals surface area contributed by atoms with Crippen molar-refractivity contribution < 1.29 is 4.79 Å². The maximum atomic E-state index is 12.9. The summed E-state index contributed by atoms with van der Waals surface area (Å²) >= 11 is 1.76. The number of thiophene rings is 1. The van der Waals surface area contributed by atoms with Crippen molar-refractivity contribution in [1.82, 2.24) is 14.9 Å². The average Bonchev–Trinajstić information content (AvgIpc) is 3.27. The number of carbonyl (C=O) groups is 1. The first kappa shape index (κ1) is 15.1. The van der Waals surface area contributed by atoms with Gasteiger partial charge in [0.25, 0.3) is 5.91 Å². The Hall–Kier alpha value is -2.40. The summed E-state index contributed by atoms with van der Waals surface area (Å²) in [6.07, 6.45) is 12.0. The first-order valence-corrected chi connectivity index (χ1v) is 9.09. The molecule has 4 nitrogen and oxygen atoms in total. The highest BCUT2D eigenvalue weighted by Crippen LogP contribution is 2.36. The van der Waals surface area contributed by atoms with Crippen molar-refractivity contribution in [1.29, 1.82) is 0 Å². The van der Waals surface area contributed by atoms with Crippen LogP contribution >= 0.6 is 11.3 Å². The van der Waals surface area contributed by atoms with Crippen molar-refractivity contribution in [2.24, 2.45) is 0 Å². The molecule has 0 bridgehead atoms. The van der Waals surface area contributed by atoms with E-state index in [9.17, 15) is 4.79 Å². The molecule has 0 aromatic carbocycles. The molecule has 0 saturated heterocycles. The fourth-order valence-electron chi connectivity index (χ4n) is 3.21. The smallest absolute Gasteiger partial charge is 0.254 e. The molecule has 24 heavy (non-hydrogen) atoms. The van der Waals surface area contributed by atoms with Crippen LogP contribution in [0.25, 0.3) is 5.00 Å². The van der Waals surface area contributed by atoms with Crippen molar-refractivity contribution in [3.8, 4) is 5.00 Å². The second-order valence-electron chi connectivity index (χ2n) is 6.03. The van der Waals surface area contributed by atoms with E-state index in [1.165, 1.54) is 16.9 Å². The van der Waals surface area contributed by atoms with Crippen molar-refractivity contribution >= 4 is 17.2 Å². The van der Waals surface area contributed by atoms with Crippen molar-refractivity contribution in [3.63, 3.8) is 0 Å². The van der Waals surface area contributed by atoms with Crippen LogP contribution in [0.4, 0.5) is 0 Å². The Morgan fingerprint density at radius 3 is 2.83 bits per heavy atom. The lowest BCUT2D eigenvalue weighted by Gasteiger charge is -2.13. The minimum atomic E-state index is 0.0157. The van der Waals surface area contributed by atoms with Crippen molar-refractivity contribution in [2.45, 2.75) is 32.2 Å². The summed E-state index contributed by atoms with van der Waals surface area (Å²) in [5, 5.41) is 4.11. The van der Waals surface area contributed by atoms with E-state index in [-0.39, 0.29) is 5.91 Å². The van der Waals surface area contributed by atoms with E-state index in [1.807, 2.05) is 36.7 Å². The number of aromatic nitrogens is 2. The van der Waals surface area contributed by atoms with Gasteiger partial charge in [0.05, 0.1) is 5.56 Å². The van der Waals surface area contributed by atoms with Crippen molar-refractivity contribution in [3.05, 3.63) is 70.6 Å². The normalized spacial score (nSPS) is 13.5. The molecule has 0 saturated carbocycles. The molecule has 5 heteroatoms. The minimum Gasteiger partial charge on any atom is -0.348 e. The summed E-state index contributed by atoms with van der Waals surface area (Å²) in [4.78, 5) is 18.4. The number of rotatable bonds is 4. The predicted molar refractivity (Wildman–Crippen MR) is 95.7 cm³/mol. The third kappa shape index (κ3) is 2.87. The van der Waals surface area contributed by atoms with Crippen LogP contribution in [0, 0.1) is 0 Å². The summed E-state index contributed by atoms with van der Waals surface area (Å²) in [5.74, 6) is 0.0157. The highest BCUT2D eigenvalue weighted by molar-refractivity contribution is 7.15. The van der Waals surface area contributed by atoms with E-state index in [1.54, 1.807) is 23.7 Å². The number of amides is 1. The third-order valence-corrected chi connectivity index (χ3v) is 5.70. The van der Waals surface area contributed by atoms with Gasteiger partial charge in [0.1, 0.15) is 5.00 Å². The zero-order chi connectivity index (χ0) is 16.4. The summed E-state index contributed by atoms with van der Waals surface area (Å²) < 4.78 is 2.06. The van der Waals surface area contributed by atoms with E-state index < -0.39 is 0 Å². The zero-order valence-corrected chi connectivity index (χ0v) is 14.2. The summed E-state index contributed by atoms with van der Waals surface area (Å²) in [6.45, 7) is 0.502. The quantitative estimate of drug-likeness (QED) is 0.788. The predicted octanol–water partition coefficient (Wildman–Crippen LogP) is 3.74. The lowest BCUT2D eigenvalue weighted by molar-refractivity contribution is 0.0950. The van der Waals surface area contributed by atoms with E-state index in [0.717, 1.165) is 35.4 Å². The van der Waals surface area contributed by atoms with E-state index in [4.69, 9.17) is 0 Å². The third-order valence-electron chi connectivity index (χ3n) is 4.39. The molecule has 0 radical (unpaired) electrons. The lowest BCUT2D eigenvalue weighted by Crippen LogP contribution is -2.25. The molecule has 4 rings (SSSR count). The second kappa shape index (κ2) is 6.61. The van der Waals surface area contributed by atoms with Crippen molar-refractivity contribution in [2.75, 3.05) is 0 Å². The lowest BCUT2D eigenvalue weighted by atomic mass is 9.95. The average molecular weight is 337 g/mol. The highest BCUT2D eigenvalue weighted by atomic mass is 32.1. The molecule has 122 valence electrons. The number of pyridine rings is 1. The summed E-state index contributed by atoms with van der Waals surface area (Å²) in [7, 11) is 0. The SMILES string of the molecule is O=C(NCc1cccnc1)c1c(-n2cccc2)sc2c1CCCC2. The Morgan fingerprint density at radius 2 is 2.04 bits per heavy atom. The van der Waals surface area contributed by atoms with Gasteiger partial charge in [-0.1, -0.05) is 6.07 Å². The van der Waals surface area contributed by atoms with Gasteiger partial charge in [-0.3, -0.25) is 9.78 Å². The first-order chi connectivity index (χ1) is 11.8. The fourth-order valence-corrected chi connectivity index (χ4v) is 4.56. The molecule has 0 fully saturated rings. The molecule has 0 aliphatic heterocycles. The molecule has 3 aromatic rings. The van der Waals surface area contributed by atoms with Gasteiger partial charge in [0, 0.05) is 36.2 Å². The molecule has 1 aliphatic rings. The van der Waals surface area contributed by atoms with E-state index in [2.05, 4.69) is 14.9 Å². The highest BCUT2D eigenvalue weighted by Gasteiger charge is 2.25. The Bertz CT molecular complexity index is 837. The van der Waals surface area contributed by atoms with Gasteiger partial charge in [-0.2, -0.15) is 0 Å². The van der Waals surface area contributed by atoms with Gasteiger partial charge in [-0.15, -0.1) is 11.3 Å². The van der Waals surface area contributed by atoms with Crippen LogP contribution < -0.4 is 5.32 Å². The number of nitrogens with one attached hydrogen (secondary N) is 1. The number of carbonyl (C=O) groups excluding carboxylic acids is 1. The monoisotopic (exact) mass is 337 g/mol. The largest absolute Gasteiger partial charge is 0.348 e. The van der Waals surface area contributed by atoms with Gasteiger partial charge in [-0.25, -0.2) is 0 Å². The zero-order valence-electron chi connectivity index (χ0n) is 13.4. The first-order valence-electron chi connectivity index (χ1n) is 8.28. The molecule has 0 spiro atoms. The van der Waals surface area contributed by atoms with Crippen LogP contribution in [0.5, 0.6) is 0 Å². The van der Waals surface area contributed by atoms with Gasteiger partial charge < -0.3 is 9.88 Å². The van der Waals surface area contributed by atoms with Crippen LogP contribution in [0.3, 0.4) is 0 Å². The number of nitrogens with zero attached hydrogens (tertiary/aromatic N) is 2. The molecular formula is C19H19N3OS. The molecule has 0 unspecified atom stereocenters. The molecule has 3 aromatic heterocycles. The number of hydrogen-bond acceptors (Lipinski definition) is 3. The standard InChI is InChI=1S/C19H19N3OS/c23-18(21-13-14-6-5-9-20-12-14)17-15-7-1-2-8-16(15)24-19(17)22-10-3-4-11-22/h3-6,9-12H,1-2,7-8,13H2,(H,21,23). The Kier molecular flexibility index (Phi) is 4.17. The molecule has 1 amide bonds. The summed E-state index contributed by atoms with van der Waals surface area (Å²) in [6, 6.07) is 7.86. The van der Waals surface area contributed by atoms with E-state index >= 15 is 0 Å². The molecule has 1 N–H and O–H groups in total. The number of fused-ring (bicyclic) bond motifs is 1. The molecule has 1 aliphatic carbocycles. The van der Waals surface area contributed by atoms with Crippen LogP contribution in [0.2, 0.25) is 0 Å². The maximum Gasteiger partial charge on any atom is 0.254 e. The minimum absolute atomic E-state index is 0.0157. The van der Waals surface area contributed by atoms with Gasteiger partial charge in [0.15, 0.2) is 0 Å². The fraction of sp³-hybridized carbons (Fsp3) is 0.263. The van der Waals surface area contributed by atoms with Gasteiger partial charge in [0.2, 0.25) is 0 Å². The van der Waals surface area contributed by atoms with Crippen LogP contribution in [0.1, 0.15) is 39.2 Å². The molecule has 0 atom stereocenters. The Labute approximate surface area is 145 Å².